The van der Waals surface area contributed by atoms with Crippen molar-refractivity contribution in [2.24, 2.45) is 0 Å². The van der Waals surface area contributed by atoms with Crippen LogP contribution in [0.15, 0.2) is 217 Å². The summed E-state index contributed by atoms with van der Waals surface area (Å²) in [6.07, 6.45) is 2.03. The molecule has 1 aromatic heterocycles. The summed E-state index contributed by atoms with van der Waals surface area (Å²) in [4.78, 5) is 0. The molecule has 1 aliphatic carbocycles. The summed E-state index contributed by atoms with van der Waals surface area (Å²) in [7, 11) is 0. The first-order chi connectivity index (χ1) is 30.0. The third-order valence-corrected chi connectivity index (χ3v) is 13.2. The highest BCUT2D eigenvalue weighted by molar-refractivity contribution is 6.11. The van der Waals surface area contributed by atoms with Crippen LogP contribution in [0, 0.1) is 0 Å². The van der Waals surface area contributed by atoms with E-state index < -0.39 is 0 Å². The minimum absolute atomic E-state index is 0.0891. The molecular weight excluding hydrogens is 737 g/mol. The fourth-order valence-electron chi connectivity index (χ4n) is 9.85. The number of para-hydroxylation sites is 1. The van der Waals surface area contributed by atoms with Crippen LogP contribution in [0.2, 0.25) is 0 Å². The second-order valence-electron chi connectivity index (χ2n) is 17.2. The van der Waals surface area contributed by atoms with Crippen LogP contribution in [0.3, 0.4) is 0 Å². The summed E-state index contributed by atoms with van der Waals surface area (Å²) in [6.45, 7) is 4.79. The van der Waals surface area contributed by atoms with Crippen molar-refractivity contribution in [2.75, 3.05) is 0 Å². The molecule has 1 heterocycles. The molecule has 10 aromatic rings. The van der Waals surface area contributed by atoms with Gasteiger partial charge in [-0.05, 0) is 115 Å². The number of hydrogen-bond acceptors (Lipinski definition) is 1. The van der Waals surface area contributed by atoms with Gasteiger partial charge in [-0.1, -0.05) is 202 Å². The first-order valence-corrected chi connectivity index (χ1v) is 21.6. The largest absolute Gasteiger partial charge is 0.455 e. The number of benzene rings is 9. The molecule has 1 heteroatoms. The standard InChI is InChI=1S/C60H46O/c1-60(2)56-38-47(41-14-6-3-7-15-41)31-34-51(56)52-35-32-48(39-57(52)60)50(45-16-8-4-9-17-45)33-24-40-22-25-42(26-23-40)43-27-29-44(30-28-43)49-36-54(46-18-10-5-11-19-46)59-55(37-49)53-20-12-13-21-58(53)61-59/h3-23,25-32,34-39,50H,24,33H2,1-2H3/t50-/m0/s1. The molecule has 11 rings (SSSR count). The van der Waals surface area contributed by atoms with Crippen molar-refractivity contribution in [1.82, 2.24) is 0 Å². The lowest BCUT2D eigenvalue weighted by atomic mass is 9.79. The third-order valence-electron chi connectivity index (χ3n) is 13.2. The van der Waals surface area contributed by atoms with Crippen LogP contribution < -0.4 is 0 Å². The molecule has 0 saturated carbocycles. The van der Waals surface area contributed by atoms with Gasteiger partial charge < -0.3 is 4.42 Å². The highest BCUT2D eigenvalue weighted by atomic mass is 16.3. The molecule has 9 aromatic carbocycles. The van der Waals surface area contributed by atoms with E-state index in [1.807, 2.05) is 6.07 Å². The Labute approximate surface area is 358 Å². The molecular formula is C60H46O. The van der Waals surface area contributed by atoms with Gasteiger partial charge >= 0.3 is 0 Å². The quantitative estimate of drug-likeness (QED) is 0.142. The lowest BCUT2D eigenvalue weighted by molar-refractivity contribution is 0.654. The number of rotatable bonds is 9. The van der Waals surface area contributed by atoms with Crippen LogP contribution in [-0.4, -0.2) is 0 Å². The van der Waals surface area contributed by atoms with E-state index in [-0.39, 0.29) is 5.41 Å². The Hall–Kier alpha value is -7.22. The molecule has 0 amide bonds. The fraction of sp³-hybridized carbons (Fsp3) is 0.100. The molecule has 1 nitrogen and oxygen atoms in total. The molecule has 0 saturated heterocycles. The van der Waals surface area contributed by atoms with E-state index in [1.54, 1.807) is 0 Å². The minimum atomic E-state index is -0.0891. The average Bonchev–Trinajstić information content (AvgIpc) is 3.81. The second kappa shape index (κ2) is 15.1. The molecule has 0 N–H and O–H groups in total. The molecule has 0 fully saturated rings. The first-order valence-electron chi connectivity index (χ1n) is 21.6. The Kier molecular flexibility index (Phi) is 9.12. The summed E-state index contributed by atoms with van der Waals surface area (Å²) in [6, 6.07) is 77.9. The Morgan fingerprint density at radius 3 is 1.64 bits per heavy atom. The van der Waals surface area contributed by atoms with Crippen molar-refractivity contribution >= 4 is 21.9 Å². The van der Waals surface area contributed by atoms with Crippen LogP contribution >= 0.6 is 0 Å². The molecule has 1 aliphatic rings. The maximum atomic E-state index is 6.44. The van der Waals surface area contributed by atoms with Gasteiger partial charge in [0.05, 0.1) is 0 Å². The average molecular weight is 783 g/mol. The van der Waals surface area contributed by atoms with Gasteiger partial charge in [-0.25, -0.2) is 0 Å². The molecule has 0 bridgehead atoms. The van der Waals surface area contributed by atoms with Crippen LogP contribution in [0.25, 0.3) is 77.6 Å². The van der Waals surface area contributed by atoms with Gasteiger partial charge in [0, 0.05) is 27.7 Å². The predicted octanol–water partition coefficient (Wildman–Crippen LogP) is 16.3. The molecule has 292 valence electrons. The van der Waals surface area contributed by atoms with Gasteiger partial charge in [0.1, 0.15) is 11.2 Å². The summed E-state index contributed by atoms with van der Waals surface area (Å²) in [5.41, 5.74) is 21.1. The number of hydrogen-bond donors (Lipinski definition) is 0. The third kappa shape index (κ3) is 6.68. The van der Waals surface area contributed by atoms with E-state index in [4.69, 9.17) is 4.42 Å². The van der Waals surface area contributed by atoms with E-state index in [9.17, 15) is 0 Å². The molecule has 1 atom stereocenters. The van der Waals surface area contributed by atoms with Crippen LogP contribution in [0.4, 0.5) is 0 Å². The molecule has 0 aliphatic heterocycles. The summed E-state index contributed by atoms with van der Waals surface area (Å²) in [5.74, 6) is 0.291. The molecule has 0 unspecified atom stereocenters. The summed E-state index contributed by atoms with van der Waals surface area (Å²) in [5, 5.41) is 2.28. The zero-order chi connectivity index (χ0) is 40.9. The van der Waals surface area contributed by atoms with Crippen molar-refractivity contribution in [3.05, 3.63) is 240 Å². The molecule has 0 spiro atoms. The maximum absolute atomic E-state index is 6.44. The number of fused-ring (bicyclic) bond motifs is 6. The van der Waals surface area contributed by atoms with E-state index >= 15 is 0 Å². The van der Waals surface area contributed by atoms with E-state index in [1.165, 1.54) is 72.3 Å². The van der Waals surface area contributed by atoms with Crippen LogP contribution in [0.5, 0.6) is 0 Å². The minimum Gasteiger partial charge on any atom is -0.455 e. The Bertz CT molecular complexity index is 3170. The Morgan fingerprint density at radius 2 is 0.934 bits per heavy atom. The van der Waals surface area contributed by atoms with Gasteiger partial charge in [-0.2, -0.15) is 0 Å². The lowest BCUT2D eigenvalue weighted by Gasteiger charge is -2.25. The Morgan fingerprint density at radius 1 is 0.393 bits per heavy atom. The maximum Gasteiger partial charge on any atom is 0.143 e. The van der Waals surface area contributed by atoms with Gasteiger partial charge in [0.25, 0.3) is 0 Å². The highest BCUT2D eigenvalue weighted by Crippen LogP contribution is 2.51. The van der Waals surface area contributed by atoms with E-state index in [2.05, 4.69) is 220 Å². The second-order valence-corrected chi connectivity index (χ2v) is 17.2. The first kappa shape index (κ1) is 36.8. The number of aryl methyl sites for hydroxylation is 1. The SMILES string of the molecule is CC1(C)c2cc(-c3ccccc3)ccc2-c2ccc([C@@H](CCc3ccc(-c4ccc(-c5cc(-c6ccccc6)c6oc7ccccc7c6c5)cc4)cc3)c3ccccc3)cc21. The monoisotopic (exact) mass is 782 g/mol. The molecule has 0 radical (unpaired) electrons. The normalized spacial score (nSPS) is 13.3. The fourth-order valence-corrected chi connectivity index (χ4v) is 9.85. The topological polar surface area (TPSA) is 13.1 Å². The van der Waals surface area contributed by atoms with Gasteiger partial charge in [-0.15, -0.1) is 0 Å². The predicted molar refractivity (Wildman–Crippen MR) is 256 cm³/mol. The van der Waals surface area contributed by atoms with Crippen molar-refractivity contribution in [1.29, 1.82) is 0 Å². The van der Waals surface area contributed by atoms with Crippen LogP contribution in [-0.2, 0) is 11.8 Å². The summed E-state index contributed by atoms with van der Waals surface area (Å²) < 4.78 is 6.44. The zero-order valence-corrected chi connectivity index (χ0v) is 34.6. The van der Waals surface area contributed by atoms with Crippen molar-refractivity contribution in [2.45, 2.75) is 38.0 Å². The van der Waals surface area contributed by atoms with E-state index in [0.717, 1.165) is 45.9 Å². The molecule has 61 heavy (non-hydrogen) atoms. The van der Waals surface area contributed by atoms with E-state index in [0.29, 0.717) is 5.92 Å². The summed E-state index contributed by atoms with van der Waals surface area (Å²) >= 11 is 0. The smallest absolute Gasteiger partial charge is 0.143 e. The van der Waals surface area contributed by atoms with Gasteiger partial charge in [0.15, 0.2) is 0 Å². The van der Waals surface area contributed by atoms with Gasteiger partial charge in [0.2, 0.25) is 0 Å². The van der Waals surface area contributed by atoms with Gasteiger partial charge in [-0.3, -0.25) is 0 Å². The Balaban J connectivity index is 0.845. The lowest BCUT2D eigenvalue weighted by Crippen LogP contribution is -2.16. The van der Waals surface area contributed by atoms with Crippen molar-refractivity contribution in [3.8, 4) is 55.6 Å². The van der Waals surface area contributed by atoms with Crippen molar-refractivity contribution in [3.63, 3.8) is 0 Å². The van der Waals surface area contributed by atoms with Crippen molar-refractivity contribution < 1.29 is 4.42 Å². The van der Waals surface area contributed by atoms with Crippen LogP contribution in [0.1, 0.15) is 54.0 Å². The number of furan rings is 1. The highest BCUT2D eigenvalue weighted by Gasteiger charge is 2.36. The zero-order valence-electron chi connectivity index (χ0n) is 34.6.